The molecular weight excluding hydrogens is 270 g/mol. The largest absolute Gasteiger partial charge is 0.481 e. The summed E-state index contributed by atoms with van der Waals surface area (Å²) in [6, 6.07) is 9.48. The fourth-order valence-electron chi connectivity index (χ4n) is 2.95. The third kappa shape index (κ3) is 3.76. The Balaban J connectivity index is 1.92. The summed E-state index contributed by atoms with van der Waals surface area (Å²) in [5.74, 6) is -1.22. The highest BCUT2D eigenvalue weighted by molar-refractivity contribution is 8.00. The normalized spacial score (nSPS) is 18.9. The second-order valence-corrected chi connectivity index (χ2v) is 6.80. The molecule has 0 radical (unpaired) electrons. The maximum absolute atomic E-state index is 11.4. The molecule has 1 unspecified atom stereocenters. The average Bonchev–Trinajstić information content (AvgIpc) is 2.93. The molecule has 0 amide bonds. The summed E-state index contributed by atoms with van der Waals surface area (Å²) in [6.07, 6.45) is 7.24. The molecule has 0 heterocycles. The van der Waals surface area contributed by atoms with E-state index >= 15 is 0 Å². The number of hydrogen-bond donors (Lipinski definition) is 2. The minimum Gasteiger partial charge on any atom is -0.481 e. The Labute approximate surface area is 125 Å². The first-order valence-electron chi connectivity index (χ1n) is 7.20. The van der Waals surface area contributed by atoms with E-state index in [0.717, 1.165) is 12.1 Å². The van der Waals surface area contributed by atoms with Crippen molar-refractivity contribution in [1.29, 1.82) is 0 Å². The van der Waals surface area contributed by atoms with Crippen LogP contribution in [0.1, 0.15) is 37.2 Å². The van der Waals surface area contributed by atoms with Crippen LogP contribution in [0.2, 0.25) is 0 Å². The number of carboxylic acid groups (broad SMARTS) is 1. The van der Waals surface area contributed by atoms with Gasteiger partial charge < -0.3 is 10.4 Å². The second kappa shape index (κ2) is 7.14. The van der Waals surface area contributed by atoms with E-state index in [1.165, 1.54) is 25.7 Å². The summed E-state index contributed by atoms with van der Waals surface area (Å²) >= 11 is 1.93. The van der Waals surface area contributed by atoms with Crippen LogP contribution in [0.25, 0.3) is 0 Å². The average molecular weight is 293 g/mol. The highest BCUT2D eigenvalue weighted by Gasteiger charge is 2.33. The van der Waals surface area contributed by atoms with Gasteiger partial charge in [-0.25, -0.2) is 0 Å². The fourth-order valence-corrected chi connectivity index (χ4v) is 3.89. The third-order valence-corrected chi connectivity index (χ3v) is 5.66. The molecule has 0 saturated heterocycles. The van der Waals surface area contributed by atoms with Gasteiger partial charge in [0, 0.05) is 17.8 Å². The first-order valence-corrected chi connectivity index (χ1v) is 8.43. The van der Waals surface area contributed by atoms with E-state index in [4.69, 9.17) is 0 Å². The zero-order valence-electron chi connectivity index (χ0n) is 12.0. The van der Waals surface area contributed by atoms with E-state index in [9.17, 15) is 9.90 Å². The Kier molecular flexibility index (Phi) is 5.49. The number of nitrogens with one attached hydrogen (secondary N) is 1. The topological polar surface area (TPSA) is 49.3 Å². The molecule has 0 aliphatic heterocycles. The summed E-state index contributed by atoms with van der Waals surface area (Å²) in [6.45, 7) is 1.41. The molecule has 0 aromatic heterocycles. The maximum Gasteiger partial charge on any atom is 0.312 e. The van der Waals surface area contributed by atoms with Gasteiger partial charge in [-0.05, 0) is 24.7 Å². The number of hydrogen-bond acceptors (Lipinski definition) is 3. The van der Waals surface area contributed by atoms with Gasteiger partial charge >= 0.3 is 5.97 Å². The van der Waals surface area contributed by atoms with Gasteiger partial charge in [0.05, 0.1) is 5.92 Å². The molecule has 110 valence electrons. The minimum absolute atomic E-state index is 0.319. The number of rotatable bonds is 7. The van der Waals surface area contributed by atoms with Gasteiger partial charge in [-0.1, -0.05) is 43.2 Å². The van der Waals surface area contributed by atoms with Crippen LogP contribution in [0, 0.1) is 0 Å². The molecule has 2 N–H and O–H groups in total. The predicted molar refractivity (Wildman–Crippen MR) is 84.4 cm³/mol. The second-order valence-electron chi connectivity index (χ2n) is 5.53. The van der Waals surface area contributed by atoms with Crippen LogP contribution in [0.15, 0.2) is 30.3 Å². The van der Waals surface area contributed by atoms with Crippen molar-refractivity contribution in [3.63, 3.8) is 0 Å². The first-order chi connectivity index (χ1) is 9.67. The van der Waals surface area contributed by atoms with E-state index in [2.05, 4.69) is 11.6 Å². The van der Waals surface area contributed by atoms with Gasteiger partial charge in [0.15, 0.2) is 0 Å². The van der Waals surface area contributed by atoms with E-state index in [-0.39, 0.29) is 0 Å². The van der Waals surface area contributed by atoms with Crippen molar-refractivity contribution in [2.24, 2.45) is 0 Å². The van der Waals surface area contributed by atoms with E-state index in [1.807, 2.05) is 42.1 Å². The predicted octanol–water partition coefficient (Wildman–Crippen LogP) is 3.12. The molecule has 1 fully saturated rings. The molecule has 3 nitrogen and oxygen atoms in total. The van der Waals surface area contributed by atoms with Crippen LogP contribution in [0.3, 0.4) is 0 Å². The number of carboxylic acids is 1. The highest BCUT2D eigenvalue weighted by Crippen LogP contribution is 2.39. The van der Waals surface area contributed by atoms with Crippen LogP contribution in [0.4, 0.5) is 0 Å². The summed E-state index contributed by atoms with van der Waals surface area (Å²) in [7, 11) is 0. The van der Waals surface area contributed by atoms with Crippen molar-refractivity contribution in [2.45, 2.75) is 36.3 Å². The van der Waals surface area contributed by atoms with Crippen molar-refractivity contribution in [1.82, 2.24) is 5.32 Å². The molecule has 0 bridgehead atoms. The quantitative estimate of drug-likeness (QED) is 0.811. The fraction of sp³-hybridized carbons (Fsp3) is 0.562. The number of benzene rings is 1. The Bertz CT molecular complexity index is 429. The maximum atomic E-state index is 11.4. The molecule has 1 saturated carbocycles. The van der Waals surface area contributed by atoms with E-state index in [0.29, 0.717) is 11.3 Å². The lowest BCUT2D eigenvalue weighted by Crippen LogP contribution is -2.38. The van der Waals surface area contributed by atoms with Gasteiger partial charge in [0.2, 0.25) is 0 Å². The van der Waals surface area contributed by atoms with Crippen molar-refractivity contribution in [3.05, 3.63) is 35.9 Å². The van der Waals surface area contributed by atoms with Crippen molar-refractivity contribution in [3.8, 4) is 0 Å². The molecule has 1 aromatic rings. The van der Waals surface area contributed by atoms with Crippen LogP contribution < -0.4 is 5.32 Å². The molecule has 1 aliphatic rings. The van der Waals surface area contributed by atoms with Gasteiger partial charge in [-0.15, -0.1) is 0 Å². The van der Waals surface area contributed by atoms with Gasteiger partial charge in [0.1, 0.15) is 0 Å². The standard InChI is InChI=1S/C16H23NO2S/c1-20-16(9-5-6-10-16)12-17-11-14(15(18)19)13-7-3-2-4-8-13/h2-4,7-8,14,17H,5-6,9-12H2,1H3,(H,18,19). The Hall–Kier alpha value is -1.00. The lowest BCUT2D eigenvalue weighted by Gasteiger charge is -2.28. The monoisotopic (exact) mass is 293 g/mol. The first kappa shape index (κ1) is 15.4. The zero-order chi connectivity index (χ0) is 14.4. The van der Waals surface area contributed by atoms with Crippen molar-refractivity contribution < 1.29 is 9.90 Å². The third-order valence-electron chi connectivity index (χ3n) is 4.24. The molecule has 1 atom stereocenters. The summed E-state index contributed by atoms with van der Waals surface area (Å²) < 4.78 is 0.319. The molecule has 1 aromatic carbocycles. The smallest absolute Gasteiger partial charge is 0.312 e. The van der Waals surface area contributed by atoms with E-state index < -0.39 is 11.9 Å². The summed E-state index contributed by atoms with van der Waals surface area (Å²) in [5.41, 5.74) is 0.872. The summed E-state index contributed by atoms with van der Waals surface area (Å²) in [5, 5.41) is 12.8. The molecule has 1 aliphatic carbocycles. The number of aliphatic carboxylic acids is 1. The Morgan fingerprint density at radius 3 is 2.55 bits per heavy atom. The van der Waals surface area contributed by atoms with E-state index in [1.54, 1.807) is 0 Å². The highest BCUT2D eigenvalue weighted by atomic mass is 32.2. The molecule has 20 heavy (non-hydrogen) atoms. The lowest BCUT2D eigenvalue weighted by atomic mass is 9.99. The SMILES string of the molecule is CSC1(CNCC(C(=O)O)c2ccccc2)CCCC1. The molecular formula is C16H23NO2S. The summed E-state index contributed by atoms with van der Waals surface area (Å²) in [4.78, 5) is 11.4. The number of thioether (sulfide) groups is 1. The minimum atomic E-state index is -0.756. The van der Waals surface area contributed by atoms with Crippen LogP contribution in [-0.2, 0) is 4.79 Å². The Morgan fingerprint density at radius 2 is 2.00 bits per heavy atom. The molecule has 2 rings (SSSR count). The lowest BCUT2D eigenvalue weighted by molar-refractivity contribution is -0.138. The van der Waals surface area contributed by atoms with Gasteiger partial charge in [0.25, 0.3) is 0 Å². The van der Waals surface area contributed by atoms with Gasteiger partial charge in [-0.3, -0.25) is 4.79 Å². The van der Waals surface area contributed by atoms with Crippen LogP contribution in [-0.4, -0.2) is 35.2 Å². The van der Waals surface area contributed by atoms with Crippen LogP contribution in [0.5, 0.6) is 0 Å². The Morgan fingerprint density at radius 1 is 1.35 bits per heavy atom. The molecule has 4 heteroatoms. The molecule has 0 spiro atoms. The van der Waals surface area contributed by atoms with Crippen molar-refractivity contribution in [2.75, 3.05) is 19.3 Å². The zero-order valence-corrected chi connectivity index (χ0v) is 12.8. The number of carbonyl (C=O) groups is 1. The van der Waals surface area contributed by atoms with Crippen LogP contribution >= 0.6 is 11.8 Å². The van der Waals surface area contributed by atoms with Crippen molar-refractivity contribution >= 4 is 17.7 Å². The van der Waals surface area contributed by atoms with Gasteiger partial charge in [-0.2, -0.15) is 11.8 Å².